The van der Waals surface area contributed by atoms with Gasteiger partial charge in [-0.1, -0.05) is 153 Å². The Kier molecular flexibility index (Phi) is 8.90. The predicted molar refractivity (Wildman–Crippen MR) is 286 cm³/mol. The maximum absolute atomic E-state index is 2.56. The Hall–Kier alpha value is -6.77. The molecule has 0 saturated carbocycles. The lowest BCUT2D eigenvalue weighted by atomic mass is 9.89. The lowest BCUT2D eigenvalue weighted by molar-refractivity contribution is 1.29. The molecule has 308 valence electrons. The van der Waals surface area contributed by atoms with E-state index in [0.717, 1.165) is 11.4 Å². The van der Waals surface area contributed by atoms with Gasteiger partial charge < -0.3 is 9.80 Å². The minimum Gasteiger partial charge on any atom is -0.311 e. The van der Waals surface area contributed by atoms with Crippen molar-refractivity contribution in [1.29, 1.82) is 0 Å². The first-order chi connectivity index (χ1) is 31.1. The number of para-hydroxylation sites is 2. The molecule has 2 nitrogen and oxygen atoms in total. The van der Waals surface area contributed by atoms with Crippen LogP contribution in [0.2, 0.25) is 32.7 Å². The molecule has 1 aromatic heterocycles. The van der Waals surface area contributed by atoms with E-state index in [-0.39, 0.29) is 0 Å². The van der Waals surface area contributed by atoms with Gasteiger partial charge in [-0.15, -0.1) is 11.3 Å². The lowest BCUT2D eigenvalue weighted by Gasteiger charge is -2.36. The summed E-state index contributed by atoms with van der Waals surface area (Å²) in [5, 5.41) is 14.9. The summed E-state index contributed by atoms with van der Waals surface area (Å²) in [5.74, 6) is 0. The molecule has 2 heterocycles. The van der Waals surface area contributed by atoms with Gasteiger partial charge in [0.05, 0.1) is 13.8 Å². The Balaban J connectivity index is 1.08. The van der Waals surface area contributed by atoms with Crippen molar-refractivity contribution >= 4 is 130 Å². The number of anilines is 6. The van der Waals surface area contributed by atoms with Crippen molar-refractivity contribution < 1.29 is 0 Å². The fourth-order valence-electron chi connectivity index (χ4n) is 10.5. The summed E-state index contributed by atoms with van der Waals surface area (Å²) in [7, 11) is -3.68. The van der Waals surface area contributed by atoms with Crippen LogP contribution in [0, 0.1) is 0 Å². The average Bonchev–Trinajstić information content (AvgIpc) is 3.70. The smallest absolute Gasteiger partial charge is 0.113 e. The molecule has 0 amide bonds. The quantitative estimate of drug-likeness (QED) is 0.116. The Bertz CT molecular complexity index is 3630. The first kappa shape index (κ1) is 38.9. The molecule has 10 aromatic carbocycles. The highest BCUT2D eigenvalue weighted by Crippen LogP contribution is 2.48. The van der Waals surface area contributed by atoms with Gasteiger partial charge in [-0.05, 0) is 133 Å². The Morgan fingerprint density at radius 1 is 0.375 bits per heavy atom. The van der Waals surface area contributed by atoms with E-state index in [1.54, 1.807) is 0 Å². The lowest BCUT2D eigenvalue weighted by Crippen LogP contribution is -2.56. The van der Waals surface area contributed by atoms with Gasteiger partial charge in [-0.3, -0.25) is 0 Å². The van der Waals surface area contributed by atoms with Crippen molar-refractivity contribution in [3.63, 3.8) is 0 Å². The highest BCUT2D eigenvalue weighted by Gasteiger charge is 2.37. The second-order valence-electron chi connectivity index (χ2n) is 19.0. The third kappa shape index (κ3) is 6.10. The van der Waals surface area contributed by atoms with E-state index in [2.05, 4.69) is 243 Å². The molecule has 5 heteroatoms. The molecule has 0 fully saturated rings. The van der Waals surface area contributed by atoms with Crippen LogP contribution in [0.25, 0.3) is 63.6 Å². The van der Waals surface area contributed by atoms with E-state index < -0.39 is 16.1 Å². The molecule has 0 bridgehead atoms. The minimum absolute atomic E-state index is 1.14. The zero-order valence-electron chi connectivity index (χ0n) is 36.9. The Morgan fingerprint density at radius 3 is 1.67 bits per heavy atom. The fourth-order valence-corrected chi connectivity index (χ4v) is 15.9. The molecule has 0 spiro atoms. The van der Waals surface area contributed by atoms with Crippen molar-refractivity contribution in [2.45, 2.75) is 32.7 Å². The molecule has 0 atom stereocenters. The molecular weight excluding hydrogens is 825 g/mol. The van der Waals surface area contributed by atoms with E-state index in [1.807, 2.05) is 11.3 Å². The maximum Gasteiger partial charge on any atom is 0.113 e. The SMILES string of the molecule is C[Si](C)(C)c1ccc(N(c2ccccc2)c2ccc3c(c2)[Si](C)(C)c2cccc4c2c-3cc2c3ccccc3c(N(c3ccccc3)c3ccc5sc6ccccc6c5c3)cc42)cc1. The van der Waals surface area contributed by atoms with Gasteiger partial charge >= 0.3 is 0 Å². The topological polar surface area (TPSA) is 6.48 Å². The van der Waals surface area contributed by atoms with Crippen LogP contribution in [0.1, 0.15) is 0 Å². The Labute approximate surface area is 381 Å². The molecule has 0 N–H and O–H groups in total. The molecule has 1 aliphatic rings. The van der Waals surface area contributed by atoms with Crippen LogP contribution < -0.4 is 25.4 Å². The fraction of sp³-hybridized carbons (Fsp3) is 0.0847. The number of fused-ring (bicyclic) bond motifs is 9. The molecule has 1 aliphatic heterocycles. The zero-order valence-corrected chi connectivity index (χ0v) is 39.7. The van der Waals surface area contributed by atoms with E-state index >= 15 is 0 Å². The zero-order chi connectivity index (χ0) is 43.3. The second kappa shape index (κ2) is 14.6. The van der Waals surface area contributed by atoms with Crippen molar-refractivity contribution in [1.82, 2.24) is 0 Å². The number of hydrogen-bond acceptors (Lipinski definition) is 3. The summed E-state index contributed by atoms with van der Waals surface area (Å²) < 4.78 is 2.63. The van der Waals surface area contributed by atoms with Crippen LogP contribution in [0.4, 0.5) is 34.1 Å². The van der Waals surface area contributed by atoms with Crippen molar-refractivity contribution in [3.05, 3.63) is 200 Å². The van der Waals surface area contributed by atoms with Crippen LogP contribution in [0.5, 0.6) is 0 Å². The second-order valence-corrected chi connectivity index (χ2v) is 29.4. The normalized spacial score (nSPS) is 13.2. The van der Waals surface area contributed by atoms with E-state index in [1.165, 1.54) is 102 Å². The van der Waals surface area contributed by atoms with Crippen molar-refractivity contribution in [2.24, 2.45) is 0 Å². The Morgan fingerprint density at radius 2 is 0.938 bits per heavy atom. The highest BCUT2D eigenvalue weighted by atomic mass is 32.1. The number of nitrogens with zero attached hydrogens (tertiary/aromatic N) is 2. The molecule has 0 unspecified atom stereocenters. The summed E-state index contributed by atoms with van der Waals surface area (Å²) in [6.07, 6.45) is 0. The van der Waals surface area contributed by atoms with Gasteiger partial charge in [-0.25, -0.2) is 0 Å². The first-order valence-electron chi connectivity index (χ1n) is 22.4. The number of benzene rings is 10. The van der Waals surface area contributed by atoms with Gasteiger partial charge in [0.15, 0.2) is 0 Å². The number of thiophene rings is 1. The van der Waals surface area contributed by atoms with Crippen molar-refractivity contribution in [2.75, 3.05) is 9.80 Å². The molecule has 0 radical (unpaired) electrons. The van der Waals surface area contributed by atoms with E-state index in [9.17, 15) is 0 Å². The van der Waals surface area contributed by atoms with Gasteiger partial charge in [0.1, 0.15) is 8.07 Å². The molecule has 0 aliphatic carbocycles. The van der Waals surface area contributed by atoms with Crippen LogP contribution in [-0.2, 0) is 0 Å². The summed E-state index contributed by atoms with van der Waals surface area (Å²) in [6, 6.07) is 75.5. The molecule has 12 rings (SSSR count). The van der Waals surface area contributed by atoms with Crippen molar-refractivity contribution in [3.8, 4) is 11.1 Å². The van der Waals surface area contributed by atoms with Gasteiger partial charge in [-0.2, -0.15) is 0 Å². The number of hydrogen-bond donors (Lipinski definition) is 0. The van der Waals surface area contributed by atoms with E-state index in [0.29, 0.717) is 0 Å². The van der Waals surface area contributed by atoms with Crippen LogP contribution >= 0.6 is 11.3 Å². The van der Waals surface area contributed by atoms with Crippen LogP contribution in [0.3, 0.4) is 0 Å². The number of rotatable bonds is 7. The minimum atomic E-state index is -2.23. The third-order valence-corrected chi connectivity index (χ3v) is 20.5. The van der Waals surface area contributed by atoms with Gasteiger partial charge in [0, 0.05) is 54.0 Å². The largest absolute Gasteiger partial charge is 0.311 e. The molecule has 11 aromatic rings. The maximum atomic E-state index is 2.56. The van der Waals surface area contributed by atoms with Crippen LogP contribution in [-0.4, -0.2) is 16.1 Å². The van der Waals surface area contributed by atoms with Gasteiger partial charge in [0.25, 0.3) is 0 Å². The van der Waals surface area contributed by atoms with Crippen LogP contribution in [0.15, 0.2) is 200 Å². The predicted octanol–water partition coefficient (Wildman–Crippen LogP) is 15.8. The highest BCUT2D eigenvalue weighted by molar-refractivity contribution is 7.25. The standard InChI is InChI=1S/C59H48N2SSi2/c1-63(2,3)44-31-27-41(28-32-44)60(39-17-8-6-9-18-39)43-29-33-48-53-37-50-45-21-12-13-22-46(45)54(38-51(50)49-24-16-26-57(59(49)53)64(4,5)58(48)36-43)61(40-19-10-7-11-20-40)42-30-34-56-52(35-42)47-23-14-15-25-55(47)62-56/h6-38H,1-5H3. The monoisotopic (exact) mass is 872 g/mol. The third-order valence-electron chi connectivity index (χ3n) is 13.8. The van der Waals surface area contributed by atoms with Gasteiger partial charge in [0.2, 0.25) is 0 Å². The first-order valence-corrected chi connectivity index (χ1v) is 29.7. The molecule has 64 heavy (non-hydrogen) atoms. The summed E-state index contributed by atoms with van der Waals surface area (Å²) >= 11 is 1.87. The summed E-state index contributed by atoms with van der Waals surface area (Å²) in [4.78, 5) is 4.93. The van der Waals surface area contributed by atoms with E-state index in [4.69, 9.17) is 0 Å². The summed E-state index contributed by atoms with van der Waals surface area (Å²) in [5.41, 5.74) is 9.74. The molecular formula is C59H48N2SSi2. The average molecular weight is 873 g/mol. The molecule has 0 saturated heterocycles. The summed E-state index contributed by atoms with van der Waals surface area (Å²) in [6.45, 7) is 12.4.